The van der Waals surface area contributed by atoms with E-state index in [1.54, 1.807) is 0 Å². The number of imide groups is 1. The molecule has 15 nitrogen and oxygen atoms in total. The maximum Gasteiger partial charge on any atom is 0.355 e. The van der Waals surface area contributed by atoms with Crippen molar-refractivity contribution >= 4 is 72.8 Å². The number of piperazine rings is 1. The number of nitrogens with zero attached hydrogens (tertiary/aromatic N) is 7. The number of hydrogen-bond donors (Lipinski definition) is 3. The van der Waals surface area contributed by atoms with Crippen LogP contribution in [-0.4, -0.2) is 97.8 Å². The molecule has 3 fully saturated rings. The van der Waals surface area contributed by atoms with Gasteiger partial charge in [-0.3, -0.25) is 34.6 Å². The number of fused-ring (bicyclic) bond motifs is 3. The zero-order valence-corrected chi connectivity index (χ0v) is 44.0. The first-order valence-electron chi connectivity index (χ1n) is 26.6. The van der Waals surface area contributed by atoms with Gasteiger partial charge >= 0.3 is 5.97 Å². The Balaban J connectivity index is 0.664. The van der Waals surface area contributed by atoms with Gasteiger partial charge in [-0.25, -0.2) is 14.8 Å². The molecule has 4 aromatic carbocycles. The fraction of sp³-hybridized carbons (Fsp3) is 0.407. The van der Waals surface area contributed by atoms with Gasteiger partial charge in [0, 0.05) is 80.5 Å². The second-order valence-corrected chi connectivity index (χ2v) is 22.5. The zero-order valence-electron chi connectivity index (χ0n) is 43.2. The Morgan fingerprint density at radius 3 is 2.44 bits per heavy atom. The molecule has 75 heavy (non-hydrogen) atoms. The number of ether oxygens (including phenoxy) is 1. The summed E-state index contributed by atoms with van der Waals surface area (Å²) in [6.45, 7) is 11.7. The second kappa shape index (κ2) is 20.9. The molecule has 0 spiro atoms. The Morgan fingerprint density at radius 1 is 0.853 bits per heavy atom. The van der Waals surface area contributed by atoms with E-state index in [1.165, 1.54) is 24.2 Å². The summed E-state index contributed by atoms with van der Waals surface area (Å²) in [5, 5.41) is 22.3. The van der Waals surface area contributed by atoms with Crippen molar-refractivity contribution in [3.63, 3.8) is 0 Å². The van der Waals surface area contributed by atoms with Crippen LogP contribution in [0.1, 0.15) is 121 Å². The third-order valence-corrected chi connectivity index (χ3v) is 17.4. The van der Waals surface area contributed by atoms with Gasteiger partial charge in [-0.2, -0.15) is 5.10 Å². The highest BCUT2D eigenvalue weighted by molar-refractivity contribution is 7.22. The minimum atomic E-state index is -1.10. The average Bonchev–Trinajstić information content (AvgIpc) is 3.98. The number of aromatic carboxylic acids is 1. The van der Waals surface area contributed by atoms with Gasteiger partial charge < -0.3 is 19.6 Å². The van der Waals surface area contributed by atoms with Gasteiger partial charge in [0.05, 0.1) is 33.4 Å². The Labute approximate surface area is 441 Å². The molecule has 3 aromatic heterocycles. The summed E-state index contributed by atoms with van der Waals surface area (Å²) in [5.74, 6) is -0.217. The van der Waals surface area contributed by atoms with E-state index >= 15 is 0 Å². The van der Waals surface area contributed by atoms with Gasteiger partial charge in [0.1, 0.15) is 11.6 Å². The summed E-state index contributed by atoms with van der Waals surface area (Å²) in [5.41, 5.74) is 8.60. The van der Waals surface area contributed by atoms with Gasteiger partial charge in [-0.1, -0.05) is 60.6 Å². The van der Waals surface area contributed by atoms with Gasteiger partial charge in [0.15, 0.2) is 10.8 Å². The molecule has 11 rings (SSSR count). The molecule has 6 heterocycles. The number of para-hydroxylation sites is 1. The van der Waals surface area contributed by atoms with Gasteiger partial charge in [-0.15, -0.1) is 0 Å². The molecule has 7 aromatic rings. The molecule has 3 aliphatic heterocycles. The van der Waals surface area contributed by atoms with Crippen LogP contribution in [0.2, 0.25) is 0 Å². The van der Waals surface area contributed by atoms with Crippen LogP contribution in [0, 0.1) is 12.8 Å². The number of benzene rings is 4. The lowest BCUT2D eigenvalue weighted by Crippen LogP contribution is -2.54. The summed E-state index contributed by atoms with van der Waals surface area (Å²) in [7, 11) is 1.92. The first-order valence-corrected chi connectivity index (χ1v) is 27.4. The van der Waals surface area contributed by atoms with Gasteiger partial charge in [-0.05, 0) is 148 Å². The molecule has 2 saturated heterocycles. The first kappa shape index (κ1) is 50.0. The number of carboxylic acid groups (broad SMARTS) is 1. The molecule has 3 amide bonds. The summed E-state index contributed by atoms with van der Waals surface area (Å²) in [6, 6.07) is 29.7. The molecular formula is C59H65N9O6S. The molecule has 1 atom stereocenters. The van der Waals surface area contributed by atoms with Crippen molar-refractivity contribution in [2.75, 3.05) is 47.8 Å². The number of hydrogen-bond acceptors (Lipinski definition) is 12. The van der Waals surface area contributed by atoms with Crippen molar-refractivity contribution in [3.8, 4) is 16.9 Å². The number of aryl methyl sites for hydroxylation is 1. The number of pyridine rings is 1. The number of piperidine rings is 1. The van der Waals surface area contributed by atoms with Gasteiger partial charge in [0.2, 0.25) is 11.8 Å². The molecule has 4 aliphatic rings. The lowest BCUT2D eigenvalue weighted by Gasteiger charge is -2.45. The number of anilines is 3. The molecule has 3 N–H and O–H groups in total. The predicted molar refractivity (Wildman–Crippen MR) is 294 cm³/mol. The van der Waals surface area contributed by atoms with Crippen LogP contribution in [0.4, 0.5) is 16.6 Å². The average molecular weight is 1030 g/mol. The second-order valence-electron chi connectivity index (χ2n) is 21.5. The number of rotatable bonds is 14. The van der Waals surface area contributed by atoms with E-state index in [2.05, 4.69) is 68.4 Å². The van der Waals surface area contributed by atoms with E-state index in [9.17, 15) is 24.3 Å². The minimum absolute atomic E-state index is 0.0186. The largest absolute Gasteiger partial charge is 0.490 e. The molecule has 1 saturated carbocycles. The predicted octanol–water partition coefficient (Wildman–Crippen LogP) is 10.3. The maximum absolute atomic E-state index is 13.7. The topological polar surface area (TPSA) is 175 Å². The maximum atomic E-state index is 13.7. The first-order chi connectivity index (χ1) is 36.3. The third-order valence-electron chi connectivity index (χ3n) is 16.4. The molecule has 388 valence electrons. The normalized spacial score (nSPS) is 19.5. The van der Waals surface area contributed by atoms with Crippen molar-refractivity contribution in [3.05, 3.63) is 125 Å². The van der Waals surface area contributed by atoms with Crippen molar-refractivity contribution in [1.29, 1.82) is 0 Å². The summed E-state index contributed by atoms with van der Waals surface area (Å²) < 4.78 is 9.58. The Hall–Kier alpha value is -7.17. The van der Waals surface area contributed by atoms with E-state index < -0.39 is 11.9 Å². The fourth-order valence-electron chi connectivity index (χ4n) is 12.1. The van der Waals surface area contributed by atoms with E-state index in [0.29, 0.717) is 60.3 Å². The van der Waals surface area contributed by atoms with Crippen molar-refractivity contribution < 1.29 is 29.0 Å². The standard InChI is InChI=1S/C59H65N9O6S/c1-36-41(42-23-25-51(61-54(42)57(72)73)67-29-27-38-11-7-13-43(46(38)35-67)55(70)63-58-60-47-14-5-6-16-50(47)75-58)12-8-15-49(36)74-40-20-17-37(18-21-40)10-9-28-59(2,3)68-32-30-66(31-33-68)39-19-22-44-48(34-39)65(4)64-53(44)45-24-26-52(69)62-56(45)71/h5-8,11-16,19,22-23,25,34,37,40,45H,9-10,17-18,20-21,24,26-33,35H2,1-4H3,(H,72,73)(H,60,63,70)(H,62,69,71)/t37-,40-,45?. The Kier molecular flexibility index (Phi) is 13.9. The number of aromatic nitrogens is 4. The number of carbonyl (C=O) groups excluding carboxylic acids is 3. The van der Waals surface area contributed by atoms with Gasteiger partial charge in [0.25, 0.3) is 5.91 Å². The fourth-order valence-corrected chi connectivity index (χ4v) is 12.9. The Bertz CT molecular complexity index is 3300. The van der Waals surface area contributed by atoms with Crippen LogP contribution in [0.5, 0.6) is 5.75 Å². The van der Waals surface area contributed by atoms with E-state index in [-0.39, 0.29) is 35.1 Å². The highest BCUT2D eigenvalue weighted by Crippen LogP contribution is 2.39. The summed E-state index contributed by atoms with van der Waals surface area (Å²) in [6.07, 6.45) is 9.38. The molecule has 16 heteroatoms. The van der Waals surface area contributed by atoms with E-state index in [4.69, 9.17) is 14.8 Å². The molecule has 0 radical (unpaired) electrons. The van der Waals surface area contributed by atoms with Crippen LogP contribution in [-0.2, 0) is 29.6 Å². The van der Waals surface area contributed by atoms with Crippen LogP contribution < -0.4 is 25.2 Å². The van der Waals surface area contributed by atoms with Crippen LogP contribution in [0.3, 0.4) is 0 Å². The molecule has 1 aliphatic carbocycles. The van der Waals surface area contributed by atoms with E-state index in [0.717, 1.165) is 119 Å². The monoisotopic (exact) mass is 1030 g/mol. The molecular weight excluding hydrogens is 963 g/mol. The number of thiazole rings is 1. The Morgan fingerprint density at radius 2 is 1.65 bits per heavy atom. The highest BCUT2D eigenvalue weighted by Gasteiger charge is 2.34. The summed E-state index contributed by atoms with van der Waals surface area (Å²) in [4.78, 5) is 67.5. The van der Waals surface area contributed by atoms with Crippen molar-refractivity contribution in [2.24, 2.45) is 13.0 Å². The number of nitrogens with one attached hydrogen (secondary N) is 2. The van der Waals surface area contributed by atoms with Crippen molar-refractivity contribution in [2.45, 2.75) is 109 Å². The minimum Gasteiger partial charge on any atom is -0.490 e. The van der Waals surface area contributed by atoms with Crippen LogP contribution >= 0.6 is 11.3 Å². The number of carbonyl (C=O) groups is 4. The SMILES string of the molecule is Cc1c(O[C@H]2CC[C@H](CCCC(C)(C)N3CCN(c4ccc5c(C6CCC(=O)NC6=O)nn(C)c5c4)CC3)CC2)cccc1-c1ccc(N2CCc3cccc(C(=O)Nc4nc5ccccc5s4)c3C2)nc1C(=O)O. The third kappa shape index (κ3) is 10.3. The van der Waals surface area contributed by atoms with Crippen LogP contribution in [0.15, 0.2) is 91.0 Å². The summed E-state index contributed by atoms with van der Waals surface area (Å²) >= 11 is 1.44. The highest BCUT2D eigenvalue weighted by atomic mass is 32.1. The zero-order chi connectivity index (χ0) is 52.0. The number of amides is 3. The van der Waals surface area contributed by atoms with Crippen molar-refractivity contribution in [1.82, 2.24) is 30.0 Å². The smallest absolute Gasteiger partial charge is 0.355 e. The number of carboxylic acids is 1. The lowest BCUT2D eigenvalue weighted by atomic mass is 9.82. The van der Waals surface area contributed by atoms with Crippen LogP contribution in [0.25, 0.3) is 32.2 Å². The molecule has 1 unspecified atom stereocenters. The van der Waals surface area contributed by atoms with E-state index in [1.807, 2.05) is 85.4 Å². The molecule has 0 bridgehead atoms. The quantitative estimate of drug-likeness (QED) is 0.0881. The lowest BCUT2D eigenvalue weighted by molar-refractivity contribution is -0.134.